The summed E-state index contributed by atoms with van der Waals surface area (Å²) < 4.78 is 62.5. The van der Waals surface area contributed by atoms with Gasteiger partial charge >= 0.3 is 6.18 Å². The van der Waals surface area contributed by atoms with Crippen molar-refractivity contribution in [3.05, 3.63) is 29.8 Å². The number of hydrogen-bond acceptors (Lipinski definition) is 3. The number of sulfone groups is 1. The highest BCUT2D eigenvalue weighted by Crippen LogP contribution is 2.35. The Morgan fingerprint density at radius 1 is 1.26 bits per heavy atom. The summed E-state index contributed by atoms with van der Waals surface area (Å²) in [7, 11) is -4.19. The number of alkyl halides is 3. The molecule has 0 aliphatic carbocycles. The summed E-state index contributed by atoms with van der Waals surface area (Å²) in [6, 6.07) is 3.97. The lowest BCUT2D eigenvalue weighted by Crippen LogP contribution is -2.23. The maximum atomic E-state index is 12.8. The van der Waals surface area contributed by atoms with Gasteiger partial charge in [0.15, 0.2) is 9.84 Å². The monoisotopic (exact) mass is 294 g/mol. The van der Waals surface area contributed by atoms with Crippen molar-refractivity contribution in [1.82, 2.24) is 0 Å². The lowest BCUT2D eigenvalue weighted by molar-refractivity contribution is -0.139. The van der Waals surface area contributed by atoms with Crippen LogP contribution in [0.25, 0.3) is 0 Å². The van der Waals surface area contributed by atoms with Gasteiger partial charge in [-0.25, -0.2) is 8.42 Å². The highest BCUT2D eigenvalue weighted by molar-refractivity contribution is 7.92. The minimum absolute atomic E-state index is 0.311. The molecule has 0 radical (unpaired) electrons. The zero-order valence-electron chi connectivity index (χ0n) is 10.4. The van der Waals surface area contributed by atoms with Gasteiger partial charge in [-0.05, 0) is 26.0 Å². The Kier molecular flexibility index (Phi) is 4.39. The first-order chi connectivity index (χ1) is 8.56. The normalized spacial score (nSPS) is 14.2. The topological polar surface area (TPSA) is 51.2 Å². The van der Waals surface area contributed by atoms with Gasteiger partial charge < -0.3 is 0 Å². The zero-order chi connectivity index (χ0) is 14.8. The lowest BCUT2D eigenvalue weighted by Gasteiger charge is -2.16. The van der Waals surface area contributed by atoms with E-state index in [9.17, 15) is 26.4 Å². The Hall–Kier alpha value is -1.37. The maximum absolute atomic E-state index is 12.8. The Bertz CT molecular complexity index is 576. The molecule has 0 saturated heterocycles. The van der Waals surface area contributed by atoms with Gasteiger partial charge in [0.05, 0.1) is 15.7 Å². The molecule has 0 fully saturated rings. The second-order valence-electron chi connectivity index (χ2n) is 4.26. The van der Waals surface area contributed by atoms with Gasteiger partial charge in [0.1, 0.15) is 5.78 Å². The van der Waals surface area contributed by atoms with E-state index >= 15 is 0 Å². The summed E-state index contributed by atoms with van der Waals surface area (Å²) in [6.07, 6.45) is -5.06. The molecule has 1 unspecified atom stereocenters. The molecule has 0 spiro atoms. The van der Waals surface area contributed by atoms with Crippen LogP contribution in [0.5, 0.6) is 0 Å². The van der Waals surface area contributed by atoms with E-state index in [0.717, 1.165) is 12.1 Å². The van der Waals surface area contributed by atoms with Crippen LogP contribution in [0, 0.1) is 0 Å². The molecule has 7 heteroatoms. The average Bonchev–Trinajstić information content (AvgIpc) is 2.27. The third kappa shape index (κ3) is 3.56. The molecule has 0 amide bonds. The summed E-state index contributed by atoms with van der Waals surface area (Å²) >= 11 is 0. The number of halogens is 3. The predicted octanol–water partition coefficient (Wildman–Crippen LogP) is 2.85. The second-order valence-corrected chi connectivity index (χ2v) is 6.59. The summed E-state index contributed by atoms with van der Waals surface area (Å²) in [6.45, 7) is 2.42. The number of carbonyl (C=O) groups is 1. The number of carbonyl (C=O) groups excluding carboxylic acids is 1. The van der Waals surface area contributed by atoms with Crippen molar-refractivity contribution in [2.24, 2.45) is 0 Å². The highest BCUT2D eigenvalue weighted by atomic mass is 32.2. The molecular formula is C12H13F3O3S. The van der Waals surface area contributed by atoms with Crippen LogP contribution in [-0.2, 0) is 20.8 Å². The molecule has 106 valence electrons. The molecule has 0 aromatic heterocycles. The molecule has 3 nitrogen and oxygen atoms in total. The van der Waals surface area contributed by atoms with E-state index in [4.69, 9.17) is 0 Å². The molecule has 1 atom stereocenters. The standard InChI is InChI=1S/C12H13F3O3S/c1-8(16)7-9(2)19(17,18)11-6-4-3-5-10(11)12(13,14)15/h3-6,9H,7H2,1-2H3. The zero-order valence-corrected chi connectivity index (χ0v) is 11.2. The first-order valence-corrected chi connectivity index (χ1v) is 7.01. The van der Waals surface area contributed by atoms with E-state index in [0.29, 0.717) is 6.07 Å². The SMILES string of the molecule is CC(=O)CC(C)S(=O)(=O)c1ccccc1C(F)(F)F. The minimum Gasteiger partial charge on any atom is -0.300 e. The summed E-state index contributed by atoms with van der Waals surface area (Å²) in [5.74, 6) is -0.388. The summed E-state index contributed by atoms with van der Waals surface area (Å²) in [5.41, 5.74) is -1.20. The van der Waals surface area contributed by atoms with Gasteiger partial charge in [-0.15, -0.1) is 0 Å². The average molecular weight is 294 g/mol. The van der Waals surface area contributed by atoms with Crippen molar-refractivity contribution < 1.29 is 26.4 Å². The first-order valence-electron chi connectivity index (χ1n) is 5.46. The van der Waals surface area contributed by atoms with E-state index in [1.54, 1.807) is 0 Å². The van der Waals surface area contributed by atoms with Crippen molar-refractivity contribution in [3.8, 4) is 0 Å². The Labute approximate surface area is 109 Å². The number of rotatable bonds is 4. The van der Waals surface area contributed by atoms with E-state index in [1.165, 1.54) is 19.9 Å². The molecule has 0 aliphatic rings. The van der Waals surface area contributed by atoms with Gasteiger partial charge in [-0.1, -0.05) is 12.1 Å². The first kappa shape index (κ1) is 15.7. The van der Waals surface area contributed by atoms with Crippen LogP contribution in [-0.4, -0.2) is 19.5 Å². The third-order valence-electron chi connectivity index (χ3n) is 2.60. The van der Waals surface area contributed by atoms with E-state index in [2.05, 4.69) is 0 Å². The Morgan fingerprint density at radius 3 is 2.26 bits per heavy atom. The molecule has 1 aromatic rings. The van der Waals surface area contributed by atoms with E-state index in [1.807, 2.05) is 0 Å². The van der Waals surface area contributed by atoms with Crippen LogP contribution in [0.3, 0.4) is 0 Å². The fraction of sp³-hybridized carbons (Fsp3) is 0.417. The maximum Gasteiger partial charge on any atom is 0.417 e. The molecule has 0 bridgehead atoms. The Balaban J connectivity index is 3.34. The van der Waals surface area contributed by atoms with Gasteiger partial charge in [0.25, 0.3) is 0 Å². The molecule has 0 heterocycles. The van der Waals surface area contributed by atoms with Crippen LogP contribution >= 0.6 is 0 Å². The number of benzene rings is 1. The molecule has 19 heavy (non-hydrogen) atoms. The summed E-state index contributed by atoms with van der Waals surface area (Å²) in [5, 5.41) is -1.19. The highest BCUT2D eigenvalue weighted by Gasteiger charge is 2.38. The summed E-state index contributed by atoms with van der Waals surface area (Å²) in [4.78, 5) is 10.1. The van der Waals surface area contributed by atoms with Crippen molar-refractivity contribution >= 4 is 15.6 Å². The molecule has 0 saturated carbocycles. The van der Waals surface area contributed by atoms with Crippen LogP contribution in [0.4, 0.5) is 13.2 Å². The molecule has 0 aliphatic heterocycles. The molecule has 1 aromatic carbocycles. The molecular weight excluding hydrogens is 281 g/mol. The predicted molar refractivity (Wildman–Crippen MR) is 63.4 cm³/mol. The molecule has 0 N–H and O–H groups in total. The molecule has 1 rings (SSSR count). The van der Waals surface area contributed by atoms with Crippen molar-refractivity contribution in [2.45, 2.75) is 36.6 Å². The number of Topliss-reactive ketones (excluding diaryl/α,β-unsaturated/α-hetero) is 1. The van der Waals surface area contributed by atoms with E-state index < -0.39 is 31.7 Å². The quantitative estimate of drug-likeness (QED) is 0.858. The van der Waals surface area contributed by atoms with Crippen molar-refractivity contribution in [2.75, 3.05) is 0 Å². The van der Waals surface area contributed by atoms with E-state index in [-0.39, 0.29) is 12.2 Å². The fourth-order valence-corrected chi connectivity index (χ4v) is 3.33. The van der Waals surface area contributed by atoms with Gasteiger partial charge in [-0.3, -0.25) is 4.79 Å². The van der Waals surface area contributed by atoms with Gasteiger partial charge in [0, 0.05) is 6.42 Å². The second kappa shape index (κ2) is 5.32. The number of hydrogen-bond donors (Lipinski definition) is 0. The largest absolute Gasteiger partial charge is 0.417 e. The van der Waals surface area contributed by atoms with Gasteiger partial charge in [-0.2, -0.15) is 13.2 Å². The van der Waals surface area contributed by atoms with Crippen LogP contribution in [0.15, 0.2) is 29.2 Å². The Morgan fingerprint density at radius 2 is 1.79 bits per heavy atom. The van der Waals surface area contributed by atoms with Crippen molar-refractivity contribution in [3.63, 3.8) is 0 Å². The number of ketones is 1. The van der Waals surface area contributed by atoms with Crippen molar-refractivity contribution in [1.29, 1.82) is 0 Å². The minimum atomic E-state index is -4.75. The smallest absolute Gasteiger partial charge is 0.300 e. The lowest BCUT2D eigenvalue weighted by atomic mass is 10.2. The third-order valence-corrected chi connectivity index (χ3v) is 4.80. The fourth-order valence-electron chi connectivity index (χ4n) is 1.68. The van der Waals surface area contributed by atoms with Gasteiger partial charge in [0.2, 0.25) is 0 Å². The van der Waals surface area contributed by atoms with Crippen LogP contribution in [0.2, 0.25) is 0 Å². The van der Waals surface area contributed by atoms with Crippen LogP contribution in [0.1, 0.15) is 25.8 Å². The van der Waals surface area contributed by atoms with Crippen LogP contribution < -0.4 is 0 Å².